The van der Waals surface area contributed by atoms with Crippen LogP contribution < -0.4 is 14.4 Å². The lowest BCUT2D eigenvalue weighted by molar-refractivity contribution is -0.137. The Hall–Kier alpha value is -2.75. The smallest absolute Gasteiger partial charge is 0.418 e. The van der Waals surface area contributed by atoms with Crippen molar-refractivity contribution >= 4 is 27.3 Å². The zero-order valence-electron chi connectivity index (χ0n) is 16.7. The van der Waals surface area contributed by atoms with Crippen molar-refractivity contribution in [1.82, 2.24) is 0 Å². The molecule has 0 aliphatic carbocycles. The van der Waals surface area contributed by atoms with Gasteiger partial charge in [0.15, 0.2) is 0 Å². The van der Waals surface area contributed by atoms with Crippen LogP contribution in [0.1, 0.15) is 25.8 Å². The minimum atomic E-state index is -4.67. The molecule has 0 radical (unpaired) electrons. The fourth-order valence-electron chi connectivity index (χ4n) is 2.97. The molecule has 0 spiro atoms. The second-order valence-electron chi connectivity index (χ2n) is 6.44. The van der Waals surface area contributed by atoms with Crippen molar-refractivity contribution in [3.63, 3.8) is 0 Å². The number of rotatable bonds is 8. The predicted molar refractivity (Wildman–Crippen MR) is 109 cm³/mol. The molecule has 2 aromatic rings. The van der Waals surface area contributed by atoms with Crippen molar-refractivity contribution in [2.75, 3.05) is 22.5 Å². The summed E-state index contributed by atoms with van der Waals surface area (Å²) in [5, 5.41) is 2.23. The molecule has 0 aliphatic heterocycles. The molecule has 30 heavy (non-hydrogen) atoms. The number of alkyl halides is 3. The summed E-state index contributed by atoms with van der Waals surface area (Å²) < 4.78 is 70.8. The number of sulfonamides is 1. The summed E-state index contributed by atoms with van der Waals surface area (Å²) in [6.45, 7) is 3.80. The summed E-state index contributed by atoms with van der Waals surface area (Å²) in [5.41, 5.74) is -1.25. The Balaban J connectivity index is 2.40. The van der Waals surface area contributed by atoms with E-state index in [-0.39, 0.29) is 12.1 Å². The molecule has 0 saturated heterocycles. The van der Waals surface area contributed by atoms with E-state index >= 15 is 0 Å². The Bertz CT molecular complexity index is 976. The summed E-state index contributed by atoms with van der Waals surface area (Å²) in [4.78, 5) is 12.8. The maximum absolute atomic E-state index is 13.2. The number of amides is 1. The first-order chi connectivity index (χ1) is 14.0. The first kappa shape index (κ1) is 23.5. The largest absolute Gasteiger partial charge is 0.494 e. The van der Waals surface area contributed by atoms with E-state index in [1.165, 1.54) is 24.3 Å². The van der Waals surface area contributed by atoms with Gasteiger partial charge in [-0.25, -0.2) is 8.42 Å². The van der Waals surface area contributed by atoms with Crippen LogP contribution in [0.5, 0.6) is 5.75 Å². The molecule has 0 aliphatic rings. The third kappa shape index (κ3) is 5.65. The van der Waals surface area contributed by atoms with Crippen molar-refractivity contribution in [3.05, 3.63) is 54.1 Å². The molecule has 6 nitrogen and oxygen atoms in total. The molecule has 2 aromatic carbocycles. The van der Waals surface area contributed by atoms with Gasteiger partial charge in [0.05, 0.1) is 29.8 Å². The van der Waals surface area contributed by atoms with E-state index in [1.807, 2.05) is 0 Å². The fraction of sp³-hybridized carbons (Fsp3) is 0.350. The van der Waals surface area contributed by atoms with Crippen molar-refractivity contribution in [2.45, 2.75) is 32.5 Å². The quantitative estimate of drug-likeness (QED) is 0.659. The maximum Gasteiger partial charge on any atom is 0.418 e. The highest BCUT2D eigenvalue weighted by Crippen LogP contribution is 2.35. The molecule has 0 saturated carbocycles. The van der Waals surface area contributed by atoms with E-state index in [4.69, 9.17) is 4.74 Å². The molecule has 2 rings (SSSR count). The van der Waals surface area contributed by atoms with E-state index in [0.29, 0.717) is 12.4 Å². The van der Waals surface area contributed by atoms with Gasteiger partial charge >= 0.3 is 6.18 Å². The van der Waals surface area contributed by atoms with E-state index in [1.54, 1.807) is 26.0 Å². The zero-order chi connectivity index (χ0) is 22.5. The highest BCUT2D eigenvalue weighted by molar-refractivity contribution is 7.92. The minimum absolute atomic E-state index is 0.0420. The lowest BCUT2D eigenvalue weighted by Crippen LogP contribution is -2.47. The third-order valence-electron chi connectivity index (χ3n) is 4.22. The summed E-state index contributed by atoms with van der Waals surface area (Å²) >= 11 is 0. The van der Waals surface area contributed by atoms with Crippen LogP contribution in [-0.2, 0) is 21.0 Å². The lowest BCUT2D eigenvalue weighted by Gasteiger charge is -2.30. The third-order valence-corrected chi connectivity index (χ3v) is 5.40. The van der Waals surface area contributed by atoms with Gasteiger partial charge in [0.2, 0.25) is 15.9 Å². The Morgan fingerprint density at radius 2 is 1.70 bits per heavy atom. The number of carbonyl (C=O) groups is 1. The van der Waals surface area contributed by atoms with Crippen molar-refractivity contribution in [3.8, 4) is 5.75 Å². The van der Waals surface area contributed by atoms with Gasteiger partial charge in [0.25, 0.3) is 0 Å². The normalized spacial score (nSPS) is 12.9. The van der Waals surface area contributed by atoms with Crippen molar-refractivity contribution in [2.24, 2.45) is 0 Å². The van der Waals surface area contributed by atoms with Crippen LogP contribution in [-0.4, -0.2) is 33.2 Å². The number of benzene rings is 2. The van der Waals surface area contributed by atoms with Crippen LogP contribution in [0.4, 0.5) is 24.5 Å². The van der Waals surface area contributed by atoms with Gasteiger partial charge in [-0.1, -0.05) is 19.1 Å². The Morgan fingerprint density at radius 1 is 1.10 bits per heavy atom. The van der Waals surface area contributed by atoms with Gasteiger partial charge in [0, 0.05) is 0 Å². The topological polar surface area (TPSA) is 75.7 Å². The molecule has 0 aromatic heterocycles. The summed E-state index contributed by atoms with van der Waals surface area (Å²) in [5.74, 6) is -0.347. The Labute approximate surface area is 173 Å². The second kappa shape index (κ2) is 9.38. The number of hydrogen-bond donors (Lipinski definition) is 1. The van der Waals surface area contributed by atoms with E-state index in [2.05, 4.69) is 5.32 Å². The summed E-state index contributed by atoms with van der Waals surface area (Å²) in [6.07, 6.45) is -3.69. The highest BCUT2D eigenvalue weighted by atomic mass is 32.2. The van der Waals surface area contributed by atoms with Crippen LogP contribution in [0.3, 0.4) is 0 Å². The van der Waals surface area contributed by atoms with Gasteiger partial charge in [0.1, 0.15) is 11.8 Å². The average Bonchev–Trinajstić information content (AvgIpc) is 2.65. The Morgan fingerprint density at radius 3 is 2.20 bits per heavy atom. The fourth-order valence-corrected chi connectivity index (χ4v) is 4.18. The maximum atomic E-state index is 13.2. The second-order valence-corrected chi connectivity index (χ2v) is 8.30. The molecule has 0 heterocycles. The number of nitrogens with one attached hydrogen (secondary N) is 1. The van der Waals surface area contributed by atoms with Crippen molar-refractivity contribution in [1.29, 1.82) is 0 Å². The zero-order valence-corrected chi connectivity index (χ0v) is 17.5. The van der Waals surface area contributed by atoms with Crippen LogP contribution >= 0.6 is 0 Å². The molecule has 1 N–H and O–H groups in total. The number of carbonyl (C=O) groups excluding carboxylic acids is 1. The molecule has 1 unspecified atom stereocenters. The molecule has 10 heteroatoms. The number of anilines is 2. The number of para-hydroxylation sites is 1. The van der Waals surface area contributed by atoms with E-state index in [9.17, 15) is 26.4 Å². The highest BCUT2D eigenvalue weighted by Gasteiger charge is 2.36. The molecule has 0 bridgehead atoms. The monoisotopic (exact) mass is 444 g/mol. The summed E-state index contributed by atoms with van der Waals surface area (Å²) in [7, 11) is -3.92. The van der Waals surface area contributed by atoms with Crippen LogP contribution in [0.25, 0.3) is 0 Å². The van der Waals surface area contributed by atoms with Crippen LogP contribution in [0, 0.1) is 0 Å². The van der Waals surface area contributed by atoms with Gasteiger partial charge in [-0.3, -0.25) is 9.10 Å². The Kier molecular flexibility index (Phi) is 7.35. The molecular formula is C20H23F3N2O4S. The van der Waals surface area contributed by atoms with Gasteiger partial charge in [-0.15, -0.1) is 0 Å². The van der Waals surface area contributed by atoms with E-state index in [0.717, 1.165) is 22.7 Å². The predicted octanol–water partition coefficient (Wildman–Crippen LogP) is 4.29. The SMILES string of the molecule is CCOc1ccc(N(C(CC)C(=O)Nc2ccccc2C(F)(F)F)S(C)(=O)=O)cc1. The minimum Gasteiger partial charge on any atom is -0.494 e. The molecule has 164 valence electrons. The van der Waals surface area contributed by atoms with Crippen LogP contribution in [0.2, 0.25) is 0 Å². The number of nitrogens with zero attached hydrogens (tertiary/aromatic N) is 1. The van der Waals surface area contributed by atoms with E-state index < -0.39 is 39.4 Å². The van der Waals surface area contributed by atoms with Gasteiger partial charge in [-0.05, 0) is 49.7 Å². The average molecular weight is 444 g/mol. The molecular weight excluding hydrogens is 421 g/mol. The van der Waals surface area contributed by atoms with Crippen molar-refractivity contribution < 1.29 is 31.1 Å². The molecule has 0 fully saturated rings. The first-order valence-electron chi connectivity index (χ1n) is 9.18. The summed E-state index contributed by atoms with van der Waals surface area (Å²) in [6, 6.07) is 9.34. The lowest BCUT2D eigenvalue weighted by atomic mass is 10.1. The van der Waals surface area contributed by atoms with Gasteiger partial charge in [-0.2, -0.15) is 13.2 Å². The molecule has 1 amide bonds. The standard InChI is InChI=1S/C20H23F3N2O4S/c1-4-18(19(26)24-17-9-7-6-8-16(17)20(21,22)23)25(30(3,27)28)14-10-12-15(13-11-14)29-5-2/h6-13,18H,4-5H2,1-3H3,(H,24,26). The van der Waals surface area contributed by atoms with Crippen LogP contribution in [0.15, 0.2) is 48.5 Å². The number of halogens is 3. The first-order valence-corrected chi connectivity index (χ1v) is 11.0. The van der Waals surface area contributed by atoms with Gasteiger partial charge < -0.3 is 10.1 Å². The number of ether oxygens (including phenoxy) is 1. The molecule has 1 atom stereocenters. The number of hydrogen-bond acceptors (Lipinski definition) is 4.